The van der Waals surface area contributed by atoms with Crippen LogP contribution in [0.1, 0.15) is 27.0 Å². The Bertz CT molecular complexity index is 1250. The van der Waals surface area contributed by atoms with Crippen LogP contribution in [0.4, 0.5) is 0 Å². The number of rotatable bonds is 7. The molecule has 6 heteroatoms. The lowest BCUT2D eigenvalue weighted by Gasteiger charge is -2.27. The molecular weight excluding hydrogens is 428 g/mol. The first kappa shape index (κ1) is 22.6. The van der Waals surface area contributed by atoms with Gasteiger partial charge in [-0.25, -0.2) is 10.2 Å². The lowest BCUT2D eigenvalue weighted by molar-refractivity contribution is -0.136. The van der Waals surface area contributed by atoms with Crippen molar-refractivity contribution in [2.24, 2.45) is 5.10 Å². The van der Waals surface area contributed by atoms with Crippen LogP contribution in [0, 0.1) is 0 Å². The number of benzene rings is 4. The van der Waals surface area contributed by atoms with Gasteiger partial charge in [-0.3, -0.25) is 4.79 Å². The number of carbonyl (C=O) groups excluding carboxylic acids is 2. The molecule has 0 spiro atoms. The van der Waals surface area contributed by atoms with Crippen molar-refractivity contribution in [3.63, 3.8) is 0 Å². The summed E-state index contributed by atoms with van der Waals surface area (Å²) in [5, 5.41) is 15.4. The van der Waals surface area contributed by atoms with Crippen molar-refractivity contribution in [3.05, 3.63) is 138 Å². The Morgan fingerprint density at radius 2 is 1.32 bits per heavy atom. The van der Waals surface area contributed by atoms with E-state index in [0.717, 1.165) is 0 Å². The molecule has 0 bridgehead atoms. The summed E-state index contributed by atoms with van der Waals surface area (Å²) in [5.74, 6) is -0.833. The summed E-state index contributed by atoms with van der Waals surface area (Å²) >= 11 is 0. The lowest BCUT2D eigenvalue weighted by Crippen LogP contribution is -2.43. The number of hydrogen-bond donors (Lipinski definition) is 2. The van der Waals surface area contributed by atoms with Gasteiger partial charge in [0.15, 0.2) is 5.60 Å². The zero-order valence-corrected chi connectivity index (χ0v) is 18.2. The Labute approximate surface area is 197 Å². The molecular formula is C28H22N2O4. The normalized spacial score (nSPS) is 11.2. The van der Waals surface area contributed by atoms with Crippen LogP contribution in [0.3, 0.4) is 0 Å². The number of aliphatic hydroxyl groups is 1. The molecule has 0 aliphatic carbocycles. The maximum Gasteiger partial charge on any atom is 0.343 e. The maximum atomic E-state index is 13.1. The summed E-state index contributed by atoms with van der Waals surface area (Å²) in [6.45, 7) is 0. The molecule has 1 amide bonds. The highest BCUT2D eigenvalue weighted by molar-refractivity contribution is 5.92. The number of nitrogens with one attached hydrogen (secondary N) is 1. The van der Waals surface area contributed by atoms with Crippen LogP contribution < -0.4 is 10.2 Å². The highest BCUT2D eigenvalue weighted by Crippen LogP contribution is 2.29. The van der Waals surface area contributed by atoms with Crippen molar-refractivity contribution in [1.29, 1.82) is 0 Å². The van der Waals surface area contributed by atoms with Crippen molar-refractivity contribution in [2.45, 2.75) is 5.60 Å². The van der Waals surface area contributed by atoms with E-state index in [-0.39, 0.29) is 0 Å². The molecule has 4 aromatic rings. The average Bonchev–Trinajstić information content (AvgIpc) is 2.90. The van der Waals surface area contributed by atoms with Gasteiger partial charge in [-0.15, -0.1) is 0 Å². The van der Waals surface area contributed by atoms with Crippen LogP contribution in [0.2, 0.25) is 0 Å². The lowest BCUT2D eigenvalue weighted by atomic mass is 9.85. The van der Waals surface area contributed by atoms with Crippen LogP contribution in [0.25, 0.3) is 0 Å². The molecule has 0 aliphatic rings. The van der Waals surface area contributed by atoms with Crippen molar-refractivity contribution in [2.75, 3.05) is 0 Å². The number of hydrogen-bond acceptors (Lipinski definition) is 5. The average molecular weight is 450 g/mol. The summed E-state index contributed by atoms with van der Waals surface area (Å²) < 4.78 is 5.41. The van der Waals surface area contributed by atoms with E-state index in [0.29, 0.717) is 28.0 Å². The molecule has 4 aromatic carbocycles. The molecule has 2 N–H and O–H groups in total. The smallest absolute Gasteiger partial charge is 0.343 e. The Balaban J connectivity index is 1.49. The van der Waals surface area contributed by atoms with E-state index >= 15 is 0 Å². The van der Waals surface area contributed by atoms with Crippen LogP contribution in [0.5, 0.6) is 5.75 Å². The van der Waals surface area contributed by atoms with Crippen molar-refractivity contribution >= 4 is 18.1 Å². The minimum atomic E-state index is -1.92. The van der Waals surface area contributed by atoms with Gasteiger partial charge in [0.1, 0.15) is 5.75 Å². The predicted octanol–water partition coefficient (Wildman–Crippen LogP) is 4.29. The second kappa shape index (κ2) is 10.4. The van der Waals surface area contributed by atoms with Crippen LogP contribution in [-0.4, -0.2) is 23.2 Å². The largest absolute Gasteiger partial charge is 0.423 e. The molecule has 0 atom stereocenters. The molecule has 0 fully saturated rings. The quantitative estimate of drug-likeness (QED) is 0.190. The van der Waals surface area contributed by atoms with Gasteiger partial charge in [0.05, 0.1) is 11.8 Å². The minimum absolute atomic E-state index is 0.342. The van der Waals surface area contributed by atoms with Gasteiger partial charge in [-0.1, -0.05) is 91.0 Å². The van der Waals surface area contributed by atoms with Gasteiger partial charge in [0.2, 0.25) is 0 Å². The number of carbonyl (C=O) groups is 2. The Hall–Kier alpha value is -4.55. The summed E-state index contributed by atoms with van der Waals surface area (Å²) in [7, 11) is 0. The fourth-order valence-electron chi connectivity index (χ4n) is 3.43. The van der Waals surface area contributed by atoms with E-state index in [4.69, 9.17) is 4.74 Å². The van der Waals surface area contributed by atoms with Crippen molar-refractivity contribution in [3.8, 4) is 5.75 Å². The first-order valence-corrected chi connectivity index (χ1v) is 10.6. The standard InChI is InChI=1S/C28H22N2O4/c31-26(22-12-4-1-5-13-22)34-25-18-10-11-21(19-25)20-29-30-27(32)28(33,23-14-6-2-7-15-23)24-16-8-3-9-17-24/h1-20,33H,(H,30,32)/b29-20-. The molecule has 0 unspecified atom stereocenters. The molecule has 4 rings (SSSR count). The third kappa shape index (κ3) is 5.09. The van der Waals surface area contributed by atoms with E-state index in [9.17, 15) is 14.7 Å². The number of nitrogens with zero attached hydrogens (tertiary/aromatic N) is 1. The molecule has 0 saturated heterocycles. The number of esters is 1. The van der Waals surface area contributed by atoms with Gasteiger partial charge in [0.25, 0.3) is 5.91 Å². The number of ether oxygens (including phenoxy) is 1. The highest BCUT2D eigenvalue weighted by Gasteiger charge is 2.39. The maximum absolute atomic E-state index is 13.1. The Morgan fingerprint density at radius 3 is 1.91 bits per heavy atom. The third-order valence-electron chi connectivity index (χ3n) is 5.17. The van der Waals surface area contributed by atoms with Crippen molar-refractivity contribution < 1.29 is 19.4 Å². The molecule has 0 radical (unpaired) electrons. The van der Waals surface area contributed by atoms with Crippen LogP contribution in [0.15, 0.2) is 120 Å². The predicted molar refractivity (Wildman–Crippen MR) is 129 cm³/mol. The van der Waals surface area contributed by atoms with E-state index in [1.165, 1.54) is 6.21 Å². The van der Waals surface area contributed by atoms with Crippen molar-refractivity contribution in [1.82, 2.24) is 5.43 Å². The molecule has 0 aliphatic heterocycles. The monoisotopic (exact) mass is 450 g/mol. The van der Waals surface area contributed by atoms with E-state index in [1.807, 2.05) is 18.2 Å². The fourth-order valence-corrected chi connectivity index (χ4v) is 3.43. The molecule has 6 nitrogen and oxygen atoms in total. The zero-order chi connectivity index (χ0) is 23.8. The van der Waals surface area contributed by atoms with E-state index in [1.54, 1.807) is 97.1 Å². The van der Waals surface area contributed by atoms with Crippen LogP contribution in [-0.2, 0) is 10.4 Å². The fraction of sp³-hybridized carbons (Fsp3) is 0.0357. The van der Waals surface area contributed by atoms with Crippen LogP contribution >= 0.6 is 0 Å². The highest BCUT2D eigenvalue weighted by atomic mass is 16.5. The second-order valence-corrected chi connectivity index (χ2v) is 7.47. The summed E-state index contributed by atoms with van der Waals surface area (Å²) in [4.78, 5) is 25.3. The zero-order valence-electron chi connectivity index (χ0n) is 18.2. The van der Waals surface area contributed by atoms with E-state index < -0.39 is 17.5 Å². The SMILES string of the molecule is O=C(Oc1cccc(/C=N\NC(=O)C(O)(c2ccccc2)c2ccccc2)c1)c1ccccc1. The molecule has 0 aromatic heterocycles. The summed E-state index contributed by atoms with van der Waals surface area (Å²) in [6, 6.07) is 32.8. The second-order valence-electron chi connectivity index (χ2n) is 7.47. The first-order valence-electron chi connectivity index (χ1n) is 10.6. The topological polar surface area (TPSA) is 88.0 Å². The Morgan fingerprint density at radius 1 is 0.765 bits per heavy atom. The van der Waals surface area contributed by atoms with Gasteiger partial charge >= 0.3 is 5.97 Å². The minimum Gasteiger partial charge on any atom is -0.423 e. The van der Waals surface area contributed by atoms with E-state index in [2.05, 4.69) is 10.5 Å². The molecule has 34 heavy (non-hydrogen) atoms. The molecule has 0 heterocycles. The summed E-state index contributed by atoms with van der Waals surface area (Å²) in [5.41, 5.74) is 2.38. The molecule has 0 saturated carbocycles. The molecule has 168 valence electrons. The number of hydrazone groups is 1. The summed E-state index contributed by atoms with van der Waals surface area (Å²) in [6.07, 6.45) is 1.41. The first-order chi connectivity index (χ1) is 16.6. The third-order valence-corrected chi connectivity index (χ3v) is 5.17. The van der Waals surface area contributed by atoms with Gasteiger partial charge in [-0.05, 0) is 41.0 Å². The van der Waals surface area contributed by atoms with Gasteiger partial charge < -0.3 is 9.84 Å². The van der Waals surface area contributed by atoms with Gasteiger partial charge in [0, 0.05) is 0 Å². The Kier molecular flexibility index (Phi) is 6.91. The number of amides is 1. The van der Waals surface area contributed by atoms with Gasteiger partial charge in [-0.2, -0.15) is 5.10 Å².